The Kier molecular flexibility index (Phi) is 5.62. The molecule has 2 fully saturated rings. The van der Waals surface area contributed by atoms with E-state index in [1.54, 1.807) is 6.33 Å². The molecular formula is C19H28N6O5. The fraction of sp³-hybridized carbons (Fsp3) is 0.684. The molecule has 2 aliphatic heterocycles. The Morgan fingerprint density at radius 2 is 2.03 bits per heavy atom. The molecule has 0 amide bonds. The van der Waals surface area contributed by atoms with E-state index in [0.29, 0.717) is 29.9 Å². The quantitative estimate of drug-likeness (QED) is 0.595. The molecular weight excluding hydrogens is 392 g/mol. The number of carboxylic acid groups (broad SMARTS) is 1. The van der Waals surface area contributed by atoms with Gasteiger partial charge in [-0.2, -0.15) is 0 Å². The van der Waals surface area contributed by atoms with E-state index < -0.39 is 18.0 Å². The molecule has 11 heteroatoms. The highest BCUT2D eigenvalue weighted by molar-refractivity contribution is 5.81. The van der Waals surface area contributed by atoms with Crippen molar-refractivity contribution in [3.05, 3.63) is 12.7 Å². The van der Waals surface area contributed by atoms with Crippen molar-refractivity contribution in [1.82, 2.24) is 24.4 Å². The number of hydrogen-bond acceptors (Lipinski definition) is 9. The van der Waals surface area contributed by atoms with Crippen LogP contribution in [0.15, 0.2) is 12.7 Å². The molecule has 4 rings (SSSR count). The second-order valence-corrected chi connectivity index (χ2v) is 8.33. The second-order valence-electron chi connectivity index (χ2n) is 8.33. The Labute approximate surface area is 174 Å². The summed E-state index contributed by atoms with van der Waals surface area (Å²) in [6.07, 6.45) is 3.44. The Hall–Kier alpha value is -2.34. The van der Waals surface area contributed by atoms with Crippen molar-refractivity contribution in [2.24, 2.45) is 0 Å². The maximum Gasteiger partial charge on any atom is 0.303 e. The van der Waals surface area contributed by atoms with Gasteiger partial charge in [-0.1, -0.05) is 0 Å². The van der Waals surface area contributed by atoms with Gasteiger partial charge in [0.05, 0.1) is 6.33 Å². The van der Waals surface area contributed by atoms with E-state index in [2.05, 4.69) is 19.9 Å². The summed E-state index contributed by atoms with van der Waals surface area (Å²) in [6, 6.07) is 0. The van der Waals surface area contributed by atoms with E-state index in [1.165, 1.54) is 6.33 Å². The van der Waals surface area contributed by atoms with Gasteiger partial charge in [-0.05, 0) is 40.3 Å². The smallest absolute Gasteiger partial charge is 0.303 e. The first kappa shape index (κ1) is 20.9. The van der Waals surface area contributed by atoms with Crippen LogP contribution in [0.25, 0.3) is 11.2 Å². The minimum atomic E-state index is -0.766. The summed E-state index contributed by atoms with van der Waals surface area (Å²) in [5, 5.41) is 8.78. The van der Waals surface area contributed by atoms with Crippen LogP contribution in [0.5, 0.6) is 0 Å². The number of hydrogen-bond donors (Lipinski definition) is 2. The predicted octanol–water partition coefficient (Wildman–Crippen LogP) is 1.01. The van der Waals surface area contributed by atoms with Gasteiger partial charge in [0.15, 0.2) is 23.5 Å². The number of likely N-dealkylation sites (N-methyl/N-ethyl adjacent to an activating group) is 1. The summed E-state index contributed by atoms with van der Waals surface area (Å²) in [4.78, 5) is 25.5. The molecule has 2 aromatic rings. The van der Waals surface area contributed by atoms with Crippen LogP contribution in [0.3, 0.4) is 0 Å². The summed E-state index contributed by atoms with van der Waals surface area (Å²) in [5.74, 6) is -1.17. The van der Waals surface area contributed by atoms with Gasteiger partial charge in [-0.3, -0.25) is 9.36 Å². The van der Waals surface area contributed by atoms with Gasteiger partial charge in [-0.15, -0.1) is 0 Å². The number of imidazole rings is 1. The number of ether oxygens (including phenoxy) is 3. The number of nitrogens with two attached hydrogens (primary N) is 1. The van der Waals surface area contributed by atoms with Gasteiger partial charge in [-0.25, -0.2) is 15.0 Å². The van der Waals surface area contributed by atoms with Crippen molar-refractivity contribution in [2.45, 2.75) is 63.4 Å². The van der Waals surface area contributed by atoms with Crippen molar-refractivity contribution in [3.8, 4) is 0 Å². The fourth-order valence-corrected chi connectivity index (χ4v) is 4.14. The molecule has 2 aromatic heterocycles. The van der Waals surface area contributed by atoms with Crippen LogP contribution >= 0.6 is 0 Å². The lowest BCUT2D eigenvalue weighted by Gasteiger charge is -2.27. The van der Waals surface area contributed by atoms with E-state index in [9.17, 15) is 4.79 Å². The molecule has 2 aliphatic rings. The van der Waals surface area contributed by atoms with Crippen LogP contribution in [0, 0.1) is 0 Å². The lowest BCUT2D eigenvalue weighted by molar-refractivity contribution is -0.197. The largest absolute Gasteiger partial charge is 0.481 e. The molecule has 3 N–H and O–H groups in total. The van der Waals surface area contributed by atoms with Crippen molar-refractivity contribution in [2.75, 3.05) is 25.9 Å². The first-order valence-electron chi connectivity index (χ1n) is 10.1. The van der Waals surface area contributed by atoms with Gasteiger partial charge in [0.2, 0.25) is 0 Å². The van der Waals surface area contributed by atoms with Crippen molar-refractivity contribution in [1.29, 1.82) is 0 Å². The Morgan fingerprint density at radius 3 is 2.80 bits per heavy atom. The number of nitrogen functional groups attached to an aromatic ring is 1. The molecule has 11 nitrogen and oxygen atoms in total. The predicted molar refractivity (Wildman–Crippen MR) is 106 cm³/mol. The van der Waals surface area contributed by atoms with E-state index in [0.717, 1.165) is 13.0 Å². The highest BCUT2D eigenvalue weighted by Gasteiger charge is 2.56. The lowest BCUT2D eigenvalue weighted by atomic mass is 10.1. The molecule has 0 bridgehead atoms. The Balaban J connectivity index is 1.49. The molecule has 0 aromatic carbocycles. The Bertz CT molecular complexity index is 918. The van der Waals surface area contributed by atoms with Gasteiger partial charge < -0.3 is 30.0 Å². The number of unbranched alkanes of at least 4 members (excludes halogenated alkanes) is 1. The number of anilines is 1. The lowest BCUT2D eigenvalue weighted by Crippen LogP contribution is -2.38. The van der Waals surface area contributed by atoms with Gasteiger partial charge in [0.25, 0.3) is 0 Å². The normalized spacial score (nSPS) is 27.7. The fourth-order valence-electron chi connectivity index (χ4n) is 4.14. The summed E-state index contributed by atoms with van der Waals surface area (Å²) >= 11 is 0. The average molecular weight is 420 g/mol. The zero-order valence-corrected chi connectivity index (χ0v) is 17.4. The number of aromatic nitrogens is 4. The van der Waals surface area contributed by atoms with Crippen LogP contribution in [0.1, 0.15) is 39.3 Å². The van der Waals surface area contributed by atoms with Crippen LogP contribution in [-0.2, 0) is 19.0 Å². The summed E-state index contributed by atoms with van der Waals surface area (Å²) < 4.78 is 20.5. The van der Waals surface area contributed by atoms with E-state index in [4.69, 9.17) is 25.1 Å². The number of rotatable bonds is 8. The monoisotopic (exact) mass is 420 g/mol. The Morgan fingerprint density at radius 1 is 1.27 bits per heavy atom. The van der Waals surface area contributed by atoms with Crippen LogP contribution in [0.2, 0.25) is 0 Å². The van der Waals surface area contributed by atoms with Crippen molar-refractivity contribution < 1.29 is 24.1 Å². The third-order valence-electron chi connectivity index (χ3n) is 5.46. The summed E-state index contributed by atoms with van der Waals surface area (Å²) in [7, 11) is 1.99. The first-order chi connectivity index (χ1) is 14.2. The number of carbonyl (C=O) groups is 1. The topological polar surface area (TPSA) is 138 Å². The third-order valence-corrected chi connectivity index (χ3v) is 5.46. The van der Waals surface area contributed by atoms with E-state index in [1.807, 2.05) is 25.5 Å². The SMILES string of the molecule is CN(CCCCC(=O)O)C[C@H]1OC(n2cnc3c(N)ncnc32)[C@@H]2OC(C)(C)O[C@H]12. The van der Waals surface area contributed by atoms with E-state index in [-0.39, 0.29) is 24.7 Å². The molecule has 30 heavy (non-hydrogen) atoms. The van der Waals surface area contributed by atoms with Crippen LogP contribution < -0.4 is 5.73 Å². The number of fused-ring (bicyclic) bond motifs is 2. The van der Waals surface area contributed by atoms with Gasteiger partial charge in [0.1, 0.15) is 30.2 Å². The molecule has 2 saturated heterocycles. The molecule has 4 atom stereocenters. The number of aliphatic carboxylic acids is 1. The molecule has 0 saturated carbocycles. The third kappa shape index (κ3) is 4.10. The molecule has 164 valence electrons. The maximum atomic E-state index is 10.7. The van der Waals surface area contributed by atoms with Gasteiger partial charge >= 0.3 is 5.97 Å². The maximum absolute atomic E-state index is 10.7. The van der Waals surface area contributed by atoms with E-state index >= 15 is 0 Å². The minimum absolute atomic E-state index is 0.185. The standard InChI is InChI=1S/C19H28N6O5/c1-19(2)29-14-11(8-24(3)7-5-4-6-12(26)27)28-18(15(14)30-19)25-10-23-13-16(20)21-9-22-17(13)25/h9-11,14-15,18H,4-8H2,1-3H3,(H,26,27)(H2,20,21,22)/t11-,14-,15-,18?/m1/s1. The van der Waals surface area contributed by atoms with Crippen LogP contribution in [0.4, 0.5) is 5.82 Å². The zero-order chi connectivity index (χ0) is 21.5. The highest BCUT2D eigenvalue weighted by atomic mass is 16.8. The zero-order valence-electron chi connectivity index (χ0n) is 17.4. The summed E-state index contributed by atoms with van der Waals surface area (Å²) in [5.41, 5.74) is 7.03. The van der Waals surface area contributed by atoms with Crippen molar-refractivity contribution >= 4 is 23.0 Å². The molecule has 1 unspecified atom stereocenters. The number of nitrogens with zero attached hydrogens (tertiary/aromatic N) is 5. The summed E-state index contributed by atoms with van der Waals surface area (Å²) in [6.45, 7) is 5.19. The average Bonchev–Trinajstić information content (AvgIpc) is 3.31. The first-order valence-corrected chi connectivity index (χ1v) is 10.1. The highest BCUT2D eigenvalue weighted by Crippen LogP contribution is 2.44. The van der Waals surface area contributed by atoms with Crippen LogP contribution in [-0.4, -0.2) is 79.7 Å². The minimum Gasteiger partial charge on any atom is -0.481 e. The molecule has 0 radical (unpaired) electrons. The van der Waals surface area contributed by atoms with Gasteiger partial charge in [0, 0.05) is 13.0 Å². The molecule has 0 spiro atoms. The van der Waals surface area contributed by atoms with Crippen molar-refractivity contribution in [3.63, 3.8) is 0 Å². The molecule has 4 heterocycles. The number of carboxylic acids is 1. The second kappa shape index (κ2) is 8.06. The molecule has 0 aliphatic carbocycles.